The minimum absolute atomic E-state index is 0.184. The smallest absolute Gasteiger partial charge is 0.0973 e. The second-order valence-electron chi connectivity index (χ2n) is 5.26. The summed E-state index contributed by atoms with van der Waals surface area (Å²) >= 11 is 0. The molecule has 1 aromatic rings. The molecule has 1 aromatic heterocycles. The van der Waals surface area contributed by atoms with Crippen LogP contribution >= 0.6 is 0 Å². The standard InChI is InChI=1S/C14H24N2O2/c1-3-5-13-9-14(17,6-8-18-13)12-10-15-16(11-12)7-4-2/h10-11,13,17H,3-9H2,1-2H3. The first kappa shape index (κ1) is 13.6. The van der Waals surface area contributed by atoms with Crippen molar-refractivity contribution < 1.29 is 9.84 Å². The minimum atomic E-state index is -0.746. The zero-order chi connectivity index (χ0) is 13.0. The molecule has 102 valence electrons. The molecule has 0 spiro atoms. The fourth-order valence-corrected chi connectivity index (χ4v) is 2.66. The zero-order valence-electron chi connectivity index (χ0n) is 11.4. The molecule has 1 fully saturated rings. The molecule has 4 heteroatoms. The second-order valence-corrected chi connectivity index (χ2v) is 5.26. The van der Waals surface area contributed by atoms with Gasteiger partial charge in [0.15, 0.2) is 0 Å². The van der Waals surface area contributed by atoms with Crippen molar-refractivity contribution in [1.29, 1.82) is 0 Å². The van der Waals surface area contributed by atoms with E-state index in [9.17, 15) is 5.11 Å². The summed E-state index contributed by atoms with van der Waals surface area (Å²) in [5.74, 6) is 0. The molecular formula is C14H24N2O2. The lowest BCUT2D eigenvalue weighted by Gasteiger charge is -2.36. The molecule has 0 radical (unpaired) electrons. The van der Waals surface area contributed by atoms with Crippen molar-refractivity contribution >= 4 is 0 Å². The zero-order valence-corrected chi connectivity index (χ0v) is 11.4. The fourth-order valence-electron chi connectivity index (χ4n) is 2.66. The van der Waals surface area contributed by atoms with Crippen molar-refractivity contribution in [1.82, 2.24) is 9.78 Å². The maximum absolute atomic E-state index is 10.8. The summed E-state index contributed by atoms with van der Waals surface area (Å²) in [6, 6.07) is 0. The van der Waals surface area contributed by atoms with Crippen LogP contribution in [0, 0.1) is 0 Å². The normalized spacial score (nSPS) is 28.5. The van der Waals surface area contributed by atoms with Crippen LogP contribution in [0.1, 0.15) is 51.5 Å². The summed E-state index contributed by atoms with van der Waals surface area (Å²) < 4.78 is 7.62. The SMILES string of the molecule is CCCC1CC(O)(c2cnn(CCC)c2)CCO1. The van der Waals surface area contributed by atoms with E-state index in [1.165, 1.54) is 0 Å². The first-order valence-corrected chi connectivity index (χ1v) is 7.05. The summed E-state index contributed by atoms with van der Waals surface area (Å²) in [5, 5.41) is 15.1. The van der Waals surface area contributed by atoms with Crippen molar-refractivity contribution in [3.63, 3.8) is 0 Å². The molecule has 2 unspecified atom stereocenters. The van der Waals surface area contributed by atoms with E-state index in [0.29, 0.717) is 19.4 Å². The quantitative estimate of drug-likeness (QED) is 0.875. The van der Waals surface area contributed by atoms with E-state index >= 15 is 0 Å². The largest absolute Gasteiger partial charge is 0.385 e. The maximum Gasteiger partial charge on any atom is 0.0973 e. The molecule has 1 aliphatic rings. The molecule has 2 atom stereocenters. The molecule has 0 aliphatic carbocycles. The van der Waals surface area contributed by atoms with E-state index in [0.717, 1.165) is 31.4 Å². The predicted octanol–water partition coefficient (Wildman–Crippen LogP) is 2.46. The van der Waals surface area contributed by atoms with E-state index < -0.39 is 5.60 Å². The Morgan fingerprint density at radius 3 is 3.06 bits per heavy atom. The van der Waals surface area contributed by atoms with E-state index in [4.69, 9.17) is 4.74 Å². The molecule has 0 aromatic carbocycles. The van der Waals surface area contributed by atoms with Crippen molar-refractivity contribution in [3.05, 3.63) is 18.0 Å². The maximum atomic E-state index is 10.8. The van der Waals surface area contributed by atoms with Crippen LogP contribution in [-0.4, -0.2) is 27.6 Å². The van der Waals surface area contributed by atoms with Crippen molar-refractivity contribution in [2.24, 2.45) is 0 Å². The summed E-state index contributed by atoms with van der Waals surface area (Å²) in [6.45, 7) is 5.82. The first-order valence-electron chi connectivity index (χ1n) is 7.05. The summed E-state index contributed by atoms with van der Waals surface area (Å²) in [4.78, 5) is 0. The predicted molar refractivity (Wildman–Crippen MR) is 70.3 cm³/mol. The number of aromatic nitrogens is 2. The Hall–Kier alpha value is -0.870. The van der Waals surface area contributed by atoms with Gasteiger partial charge in [0.2, 0.25) is 0 Å². The number of ether oxygens (including phenoxy) is 1. The van der Waals surface area contributed by atoms with Gasteiger partial charge in [0, 0.05) is 31.1 Å². The van der Waals surface area contributed by atoms with Crippen LogP contribution in [0.15, 0.2) is 12.4 Å². The molecule has 2 rings (SSSR count). The topological polar surface area (TPSA) is 47.3 Å². The summed E-state index contributed by atoms with van der Waals surface area (Å²) in [7, 11) is 0. The Bertz CT molecular complexity index is 376. The third kappa shape index (κ3) is 2.93. The number of hydrogen-bond acceptors (Lipinski definition) is 3. The van der Waals surface area contributed by atoms with Crippen LogP contribution in [0.4, 0.5) is 0 Å². The van der Waals surface area contributed by atoms with Crippen molar-refractivity contribution in [2.75, 3.05) is 6.61 Å². The minimum Gasteiger partial charge on any atom is -0.385 e. The monoisotopic (exact) mass is 252 g/mol. The third-order valence-corrected chi connectivity index (χ3v) is 3.67. The number of aryl methyl sites for hydroxylation is 1. The lowest BCUT2D eigenvalue weighted by molar-refractivity contribution is -0.110. The van der Waals surface area contributed by atoms with Gasteiger partial charge in [-0.2, -0.15) is 5.10 Å². The second kappa shape index (κ2) is 5.85. The molecule has 2 heterocycles. The molecule has 1 aliphatic heterocycles. The molecule has 1 saturated heterocycles. The molecule has 18 heavy (non-hydrogen) atoms. The summed E-state index contributed by atoms with van der Waals surface area (Å²) in [5.41, 5.74) is 0.199. The third-order valence-electron chi connectivity index (χ3n) is 3.67. The van der Waals surface area contributed by atoms with Gasteiger partial charge in [-0.3, -0.25) is 4.68 Å². The van der Waals surface area contributed by atoms with Crippen LogP contribution in [0.5, 0.6) is 0 Å². The fraction of sp³-hybridized carbons (Fsp3) is 0.786. The van der Waals surface area contributed by atoms with Gasteiger partial charge in [-0.15, -0.1) is 0 Å². The highest BCUT2D eigenvalue weighted by atomic mass is 16.5. The van der Waals surface area contributed by atoms with Crippen LogP contribution in [0.2, 0.25) is 0 Å². The van der Waals surface area contributed by atoms with Crippen LogP contribution < -0.4 is 0 Å². The van der Waals surface area contributed by atoms with E-state index in [-0.39, 0.29) is 6.10 Å². The molecule has 0 amide bonds. The Morgan fingerprint density at radius 1 is 1.50 bits per heavy atom. The van der Waals surface area contributed by atoms with Crippen LogP contribution in [-0.2, 0) is 16.9 Å². The highest BCUT2D eigenvalue weighted by Gasteiger charge is 2.37. The molecular weight excluding hydrogens is 228 g/mol. The number of hydrogen-bond donors (Lipinski definition) is 1. The first-order chi connectivity index (χ1) is 8.68. The highest BCUT2D eigenvalue weighted by Crippen LogP contribution is 2.35. The Balaban J connectivity index is 2.08. The molecule has 4 nitrogen and oxygen atoms in total. The average molecular weight is 252 g/mol. The molecule has 1 N–H and O–H groups in total. The van der Waals surface area contributed by atoms with Crippen molar-refractivity contribution in [3.8, 4) is 0 Å². The van der Waals surface area contributed by atoms with E-state index in [1.807, 2.05) is 17.1 Å². The lowest BCUT2D eigenvalue weighted by Crippen LogP contribution is -2.38. The molecule has 0 bridgehead atoms. The van der Waals surface area contributed by atoms with Gasteiger partial charge in [-0.05, 0) is 12.8 Å². The average Bonchev–Trinajstić information content (AvgIpc) is 2.79. The van der Waals surface area contributed by atoms with E-state index in [1.54, 1.807) is 0 Å². The number of rotatable bonds is 5. The van der Waals surface area contributed by atoms with Crippen LogP contribution in [0.25, 0.3) is 0 Å². The van der Waals surface area contributed by atoms with Gasteiger partial charge >= 0.3 is 0 Å². The number of nitrogens with zero attached hydrogens (tertiary/aromatic N) is 2. The lowest BCUT2D eigenvalue weighted by atomic mass is 9.84. The van der Waals surface area contributed by atoms with Gasteiger partial charge in [-0.25, -0.2) is 0 Å². The molecule has 0 saturated carbocycles. The van der Waals surface area contributed by atoms with Gasteiger partial charge < -0.3 is 9.84 Å². The number of aliphatic hydroxyl groups is 1. The Labute approximate surface area is 109 Å². The Kier molecular flexibility index (Phi) is 4.40. The van der Waals surface area contributed by atoms with Gasteiger partial charge in [-0.1, -0.05) is 20.3 Å². The van der Waals surface area contributed by atoms with E-state index in [2.05, 4.69) is 18.9 Å². The van der Waals surface area contributed by atoms with Gasteiger partial charge in [0.25, 0.3) is 0 Å². The highest BCUT2D eigenvalue weighted by molar-refractivity contribution is 5.16. The summed E-state index contributed by atoms with van der Waals surface area (Å²) in [6.07, 6.45) is 8.51. The van der Waals surface area contributed by atoms with Gasteiger partial charge in [0.1, 0.15) is 0 Å². The van der Waals surface area contributed by atoms with Crippen LogP contribution in [0.3, 0.4) is 0 Å². The van der Waals surface area contributed by atoms with Crippen molar-refractivity contribution in [2.45, 2.75) is 64.2 Å². The van der Waals surface area contributed by atoms with Gasteiger partial charge in [0.05, 0.1) is 24.5 Å². The Morgan fingerprint density at radius 2 is 2.33 bits per heavy atom.